The van der Waals surface area contributed by atoms with E-state index in [1.165, 1.54) is 31.4 Å². The normalized spacial score (nSPS) is 11.5. The van der Waals surface area contributed by atoms with E-state index in [2.05, 4.69) is 20.0 Å². The second-order valence-electron chi connectivity index (χ2n) is 6.41. The van der Waals surface area contributed by atoms with Crippen LogP contribution in [0, 0.1) is 5.41 Å². The topological polar surface area (TPSA) is 111 Å². The Balaban J connectivity index is 2.91. The maximum atomic E-state index is 12.1. The van der Waals surface area contributed by atoms with Crippen molar-refractivity contribution < 1.29 is 28.7 Å². The summed E-state index contributed by atoms with van der Waals surface area (Å²) in [4.78, 5) is 47.4. The van der Waals surface area contributed by atoms with Crippen molar-refractivity contribution in [2.24, 2.45) is 10.5 Å². The van der Waals surface area contributed by atoms with Gasteiger partial charge in [0.15, 0.2) is 5.71 Å². The number of ether oxygens (including phenoxy) is 2. The first-order valence-corrected chi connectivity index (χ1v) is 7.77. The van der Waals surface area contributed by atoms with Crippen LogP contribution < -0.4 is 5.43 Å². The molecule has 8 nitrogen and oxygen atoms in total. The van der Waals surface area contributed by atoms with Crippen LogP contribution in [0.15, 0.2) is 29.4 Å². The summed E-state index contributed by atoms with van der Waals surface area (Å²) in [5, 5.41) is 3.73. The number of hydrazone groups is 1. The lowest BCUT2D eigenvalue weighted by Gasteiger charge is -2.16. The van der Waals surface area contributed by atoms with Gasteiger partial charge in [0.1, 0.15) is 5.78 Å². The molecule has 1 aromatic rings. The van der Waals surface area contributed by atoms with Gasteiger partial charge in [0.2, 0.25) is 0 Å². The number of esters is 2. The molecule has 0 fully saturated rings. The average molecular weight is 362 g/mol. The van der Waals surface area contributed by atoms with Gasteiger partial charge in [-0.25, -0.2) is 15.0 Å². The Morgan fingerprint density at radius 3 is 1.96 bits per heavy atom. The molecule has 0 saturated carbocycles. The van der Waals surface area contributed by atoms with Crippen molar-refractivity contribution >= 4 is 29.3 Å². The molecule has 8 heteroatoms. The summed E-state index contributed by atoms with van der Waals surface area (Å²) in [5.41, 5.74) is 1.85. The molecule has 0 aliphatic rings. The molecular formula is C18H22N2O6. The van der Waals surface area contributed by atoms with Crippen molar-refractivity contribution in [3.8, 4) is 0 Å². The van der Waals surface area contributed by atoms with E-state index in [0.29, 0.717) is 5.56 Å². The van der Waals surface area contributed by atoms with Crippen LogP contribution in [0.1, 0.15) is 47.9 Å². The molecule has 1 N–H and O–H groups in total. The second-order valence-corrected chi connectivity index (χ2v) is 6.41. The predicted octanol–water partition coefficient (Wildman–Crippen LogP) is 1.74. The number of hydrogen-bond donors (Lipinski definition) is 1. The third kappa shape index (κ3) is 5.80. The van der Waals surface area contributed by atoms with Crippen LogP contribution in [0.25, 0.3) is 0 Å². The molecule has 0 heterocycles. The Labute approximate surface area is 151 Å². The summed E-state index contributed by atoms with van der Waals surface area (Å²) in [7, 11) is 2.41. The van der Waals surface area contributed by atoms with Gasteiger partial charge in [-0.05, 0) is 24.3 Å². The zero-order valence-electron chi connectivity index (χ0n) is 15.4. The molecule has 26 heavy (non-hydrogen) atoms. The summed E-state index contributed by atoms with van der Waals surface area (Å²) >= 11 is 0. The fourth-order valence-electron chi connectivity index (χ4n) is 1.75. The number of nitrogens with zero attached hydrogens (tertiary/aromatic N) is 1. The zero-order valence-corrected chi connectivity index (χ0v) is 15.4. The van der Waals surface area contributed by atoms with Gasteiger partial charge in [0.05, 0.1) is 26.2 Å². The van der Waals surface area contributed by atoms with Gasteiger partial charge >= 0.3 is 11.9 Å². The van der Waals surface area contributed by atoms with E-state index in [4.69, 9.17) is 0 Å². The predicted molar refractivity (Wildman–Crippen MR) is 93.8 cm³/mol. The summed E-state index contributed by atoms with van der Waals surface area (Å²) in [6, 6.07) is 5.67. The van der Waals surface area contributed by atoms with Crippen molar-refractivity contribution in [1.29, 1.82) is 0 Å². The Hall–Kier alpha value is -3.03. The van der Waals surface area contributed by atoms with Gasteiger partial charge in [0, 0.05) is 11.0 Å². The Morgan fingerprint density at radius 2 is 1.50 bits per heavy atom. The first-order chi connectivity index (χ1) is 12.1. The molecule has 0 atom stereocenters. The fourth-order valence-corrected chi connectivity index (χ4v) is 1.75. The van der Waals surface area contributed by atoms with E-state index in [0.717, 1.165) is 7.11 Å². The Morgan fingerprint density at radius 1 is 0.962 bits per heavy atom. The number of carbonyl (C=O) groups is 4. The number of rotatable bonds is 6. The van der Waals surface area contributed by atoms with Crippen LogP contribution in [0.5, 0.6) is 0 Å². The molecule has 0 spiro atoms. The number of benzene rings is 1. The van der Waals surface area contributed by atoms with Crippen LogP contribution in [0.4, 0.5) is 0 Å². The SMILES string of the molecule is COC(=O)/C(CC(=O)C(C)(C)C)=N/NC(=O)c1ccc(C(=O)OC)cc1. The van der Waals surface area contributed by atoms with E-state index < -0.39 is 23.3 Å². The van der Waals surface area contributed by atoms with Crippen molar-refractivity contribution in [1.82, 2.24) is 5.43 Å². The Kier molecular flexibility index (Phi) is 7.18. The number of amides is 1. The van der Waals surface area contributed by atoms with Gasteiger partial charge in [0.25, 0.3) is 5.91 Å². The minimum Gasteiger partial charge on any atom is -0.465 e. The highest BCUT2D eigenvalue weighted by Crippen LogP contribution is 2.17. The molecule has 0 bridgehead atoms. The van der Waals surface area contributed by atoms with E-state index in [1.54, 1.807) is 20.8 Å². The largest absolute Gasteiger partial charge is 0.465 e. The van der Waals surface area contributed by atoms with Crippen molar-refractivity contribution in [2.75, 3.05) is 14.2 Å². The van der Waals surface area contributed by atoms with Gasteiger partial charge in [-0.1, -0.05) is 20.8 Å². The molecule has 140 valence electrons. The summed E-state index contributed by atoms with van der Waals surface area (Å²) in [6.45, 7) is 5.14. The minimum atomic E-state index is -0.802. The number of nitrogens with one attached hydrogen (secondary N) is 1. The molecule has 0 radical (unpaired) electrons. The molecule has 0 aliphatic heterocycles. The smallest absolute Gasteiger partial charge is 0.354 e. The average Bonchev–Trinajstić information content (AvgIpc) is 2.62. The summed E-state index contributed by atoms with van der Waals surface area (Å²) < 4.78 is 9.17. The molecule has 0 aromatic heterocycles. The maximum absolute atomic E-state index is 12.1. The quantitative estimate of drug-likeness (QED) is 0.469. The number of methoxy groups -OCH3 is 2. The highest BCUT2D eigenvalue weighted by atomic mass is 16.5. The van der Waals surface area contributed by atoms with E-state index in [-0.39, 0.29) is 23.5 Å². The van der Waals surface area contributed by atoms with Gasteiger partial charge in [-0.2, -0.15) is 5.10 Å². The molecule has 0 unspecified atom stereocenters. The molecular weight excluding hydrogens is 340 g/mol. The summed E-state index contributed by atoms with van der Waals surface area (Å²) in [6.07, 6.45) is -0.266. The van der Waals surface area contributed by atoms with Crippen molar-refractivity contribution in [2.45, 2.75) is 27.2 Å². The van der Waals surface area contributed by atoms with Crippen LogP contribution in [0.3, 0.4) is 0 Å². The van der Waals surface area contributed by atoms with Crippen molar-refractivity contribution in [3.05, 3.63) is 35.4 Å². The third-order valence-corrected chi connectivity index (χ3v) is 3.45. The first-order valence-electron chi connectivity index (χ1n) is 7.77. The van der Waals surface area contributed by atoms with Crippen LogP contribution >= 0.6 is 0 Å². The lowest BCUT2D eigenvalue weighted by Crippen LogP contribution is -2.30. The zero-order chi connectivity index (χ0) is 19.9. The van der Waals surface area contributed by atoms with Gasteiger partial charge in [-0.3, -0.25) is 9.59 Å². The highest BCUT2D eigenvalue weighted by Gasteiger charge is 2.26. The van der Waals surface area contributed by atoms with Crippen molar-refractivity contribution in [3.63, 3.8) is 0 Å². The van der Waals surface area contributed by atoms with E-state index >= 15 is 0 Å². The number of Topliss-reactive ketones (excluding diaryl/α,β-unsaturated/α-hetero) is 1. The molecule has 0 aliphatic carbocycles. The maximum Gasteiger partial charge on any atom is 0.354 e. The molecule has 1 amide bonds. The minimum absolute atomic E-state index is 0.202. The van der Waals surface area contributed by atoms with Crippen LogP contribution in [-0.4, -0.2) is 43.6 Å². The van der Waals surface area contributed by atoms with Crippen LogP contribution in [-0.2, 0) is 19.1 Å². The van der Waals surface area contributed by atoms with E-state index in [9.17, 15) is 19.2 Å². The fraction of sp³-hybridized carbons (Fsp3) is 0.389. The van der Waals surface area contributed by atoms with Crippen LogP contribution in [0.2, 0.25) is 0 Å². The second kappa shape index (κ2) is 8.89. The third-order valence-electron chi connectivity index (χ3n) is 3.45. The number of hydrogen-bond acceptors (Lipinski definition) is 7. The first kappa shape index (κ1) is 21.0. The monoisotopic (exact) mass is 362 g/mol. The van der Waals surface area contributed by atoms with Gasteiger partial charge < -0.3 is 9.47 Å². The number of carbonyl (C=O) groups excluding carboxylic acids is 4. The molecule has 1 aromatic carbocycles. The molecule has 1 rings (SSSR count). The summed E-state index contributed by atoms with van der Waals surface area (Å²) in [5.74, 6) is -2.16. The standard InChI is InChI=1S/C18H22N2O6/c1-18(2,3)14(21)10-13(17(24)26-5)19-20-15(22)11-6-8-12(9-7-11)16(23)25-4/h6-9H,10H2,1-5H3,(H,20,22)/b19-13+. The molecule has 0 saturated heterocycles. The number of ketones is 1. The lowest BCUT2D eigenvalue weighted by molar-refractivity contribution is -0.134. The Bertz CT molecular complexity index is 729. The van der Waals surface area contributed by atoms with Gasteiger partial charge in [-0.15, -0.1) is 0 Å². The lowest BCUT2D eigenvalue weighted by atomic mass is 9.88. The van der Waals surface area contributed by atoms with E-state index in [1.807, 2.05) is 0 Å². The highest BCUT2D eigenvalue weighted by molar-refractivity contribution is 6.40.